The molecular formula is C12H23NO2. The molecular weight excluding hydrogens is 190 g/mol. The summed E-state index contributed by atoms with van der Waals surface area (Å²) in [6.07, 6.45) is 5.81. The van der Waals surface area contributed by atoms with Crippen LogP contribution < -0.4 is 5.73 Å². The molecule has 0 bridgehead atoms. The Bertz CT molecular complexity index is 220. The molecule has 0 heterocycles. The second kappa shape index (κ2) is 4.86. The fourth-order valence-electron chi connectivity index (χ4n) is 2.55. The van der Waals surface area contributed by atoms with Crippen LogP contribution in [0.2, 0.25) is 0 Å². The van der Waals surface area contributed by atoms with Crippen LogP contribution in [0.3, 0.4) is 0 Å². The Kier molecular flexibility index (Phi) is 4.00. The van der Waals surface area contributed by atoms with E-state index in [1.54, 1.807) is 0 Å². The van der Waals surface area contributed by atoms with Crippen LogP contribution in [0.15, 0.2) is 0 Å². The molecule has 1 amide bonds. The molecule has 3 nitrogen and oxygen atoms in total. The molecule has 2 N–H and O–H groups in total. The van der Waals surface area contributed by atoms with Gasteiger partial charge in [-0.25, -0.2) is 4.79 Å². The van der Waals surface area contributed by atoms with E-state index in [1.807, 2.05) is 13.8 Å². The van der Waals surface area contributed by atoms with Gasteiger partial charge in [0, 0.05) is 0 Å². The Labute approximate surface area is 92.4 Å². The van der Waals surface area contributed by atoms with E-state index in [-0.39, 0.29) is 0 Å². The summed E-state index contributed by atoms with van der Waals surface area (Å²) in [6, 6.07) is 0. The minimum absolute atomic E-state index is 0.380. The van der Waals surface area contributed by atoms with Crippen LogP contribution in [0.25, 0.3) is 0 Å². The van der Waals surface area contributed by atoms with E-state index in [4.69, 9.17) is 10.5 Å². The number of primary amides is 1. The molecule has 1 aliphatic carbocycles. The summed E-state index contributed by atoms with van der Waals surface area (Å²) in [5, 5.41) is 0. The van der Waals surface area contributed by atoms with E-state index in [9.17, 15) is 4.79 Å². The van der Waals surface area contributed by atoms with Crippen LogP contribution in [0.1, 0.15) is 52.9 Å². The van der Waals surface area contributed by atoms with E-state index in [1.165, 1.54) is 32.1 Å². The zero-order valence-electron chi connectivity index (χ0n) is 10.1. The number of nitrogens with two attached hydrogens (primary N) is 1. The third-order valence-corrected chi connectivity index (χ3v) is 3.82. The zero-order valence-corrected chi connectivity index (χ0v) is 10.1. The van der Waals surface area contributed by atoms with Gasteiger partial charge < -0.3 is 10.5 Å². The summed E-state index contributed by atoms with van der Waals surface area (Å²) in [6.45, 7) is 6.08. The Morgan fingerprint density at radius 3 is 2.33 bits per heavy atom. The quantitative estimate of drug-likeness (QED) is 0.783. The van der Waals surface area contributed by atoms with Gasteiger partial charge in [-0.1, -0.05) is 39.0 Å². The minimum Gasteiger partial charge on any atom is -0.443 e. The molecule has 88 valence electrons. The van der Waals surface area contributed by atoms with Crippen molar-refractivity contribution in [3.8, 4) is 0 Å². The Balaban J connectivity index is 2.55. The molecule has 0 aromatic carbocycles. The largest absolute Gasteiger partial charge is 0.443 e. The number of amides is 1. The van der Waals surface area contributed by atoms with Crippen LogP contribution in [-0.4, -0.2) is 11.7 Å². The summed E-state index contributed by atoms with van der Waals surface area (Å²) in [7, 11) is 0. The molecule has 0 aliphatic heterocycles. The first-order valence-electron chi connectivity index (χ1n) is 5.92. The molecule has 0 saturated heterocycles. The van der Waals surface area contributed by atoms with Gasteiger partial charge in [-0.2, -0.15) is 0 Å². The van der Waals surface area contributed by atoms with E-state index >= 15 is 0 Å². The van der Waals surface area contributed by atoms with E-state index in [0.29, 0.717) is 11.8 Å². The molecule has 1 saturated carbocycles. The van der Waals surface area contributed by atoms with Crippen molar-refractivity contribution in [2.24, 2.45) is 17.6 Å². The highest BCUT2D eigenvalue weighted by Crippen LogP contribution is 2.36. The van der Waals surface area contributed by atoms with Crippen molar-refractivity contribution in [1.29, 1.82) is 0 Å². The lowest BCUT2D eigenvalue weighted by Gasteiger charge is -2.38. The highest BCUT2D eigenvalue weighted by atomic mass is 16.6. The normalized spacial score (nSPS) is 21.0. The average molecular weight is 213 g/mol. The lowest BCUT2D eigenvalue weighted by Crippen LogP contribution is -2.41. The van der Waals surface area contributed by atoms with E-state index in [2.05, 4.69) is 6.92 Å². The highest BCUT2D eigenvalue weighted by Gasteiger charge is 2.35. The molecule has 1 rings (SSSR count). The molecule has 1 aliphatic rings. The topological polar surface area (TPSA) is 52.3 Å². The first-order valence-corrected chi connectivity index (χ1v) is 5.92. The predicted octanol–water partition coefficient (Wildman–Crippen LogP) is 3.08. The van der Waals surface area contributed by atoms with Gasteiger partial charge >= 0.3 is 6.09 Å². The molecule has 0 aromatic rings. The van der Waals surface area contributed by atoms with Gasteiger partial charge in [-0.3, -0.25) is 0 Å². The van der Waals surface area contributed by atoms with Crippen molar-refractivity contribution in [3.05, 3.63) is 0 Å². The van der Waals surface area contributed by atoms with Crippen LogP contribution in [0, 0.1) is 11.8 Å². The number of hydrogen-bond donors (Lipinski definition) is 1. The van der Waals surface area contributed by atoms with Crippen molar-refractivity contribution < 1.29 is 9.53 Å². The maximum atomic E-state index is 10.8. The first kappa shape index (κ1) is 12.3. The number of carbonyl (C=O) groups is 1. The van der Waals surface area contributed by atoms with Gasteiger partial charge in [0.05, 0.1) is 0 Å². The molecule has 0 radical (unpaired) electrons. The van der Waals surface area contributed by atoms with Crippen LogP contribution in [0.5, 0.6) is 0 Å². The summed E-state index contributed by atoms with van der Waals surface area (Å²) in [4.78, 5) is 10.8. The van der Waals surface area contributed by atoms with E-state index in [0.717, 1.165) is 0 Å². The van der Waals surface area contributed by atoms with Crippen molar-refractivity contribution in [3.63, 3.8) is 0 Å². The Morgan fingerprint density at radius 1 is 1.33 bits per heavy atom. The van der Waals surface area contributed by atoms with Crippen LogP contribution in [0.4, 0.5) is 4.79 Å². The van der Waals surface area contributed by atoms with Gasteiger partial charge in [0.1, 0.15) is 5.60 Å². The van der Waals surface area contributed by atoms with Crippen molar-refractivity contribution in [2.75, 3.05) is 0 Å². The molecule has 1 atom stereocenters. The maximum Gasteiger partial charge on any atom is 0.405 e. The van der Waals surface area contributed by atoms with Crippen molar-refractivity contribution in [2.45, 2.75) is 58.5 Å². The van der Waals surface area contributed by atoms with Crippen molar-refractivity contribution in [1.82, 2.24) is 0 Å². The zero-order chi connectivity index (χ0) is 11.5. The second-order valence-corrected chi connectivity index (χ2v) is 5.21. The predicted molar refractivity (Wildman–Crippen MR) is 60.5 cm³/mol. The maximum absolute atomic E-state index is 10.8. The fraction of sp³-hybridized carbons (Fsp3) is 0.917. The minimum atomic E-state index is -0.664. The summed E-state index contributed by atoms with van der Waals surface area (Å²) in [5.74, 6) is 1.05. The van der Waals surface area contributed by atoms with Crippen molar-refractivity contribution >= 4 is 6.09 Å². The Morgan fingerprint density at radius 2 is 1.87 bits per heavy atom. The molecule has 1 fully saturated rings. The molecule has 0 aromatic heterocycles. The van der Waals surface area contributed by atoms with Crippen LogP contribution in [-0.2, 0) is 4.74 Å². The van der Waals surface area contributed by atoms with Gasteiger partial charge in [0.2, 0.25) is 0 Å². The standard InChI is InChI=1S/C12H23NO2/c1-9(10-7-5-4-6-8-10)12(2,3)15-11(13)14/h9-10H,4-8H2,1-3H3,(H2,13,14). The van der Waals surface area contributed by atoms with Gasteiger partial charge in [0.15, 0.2) is 0 Å². The number of hydrogen-bond acceptors (Lipinski definition) is 2. The average Bonchev–Trinajstić information content (AvgIpc) is 2.16. The van der Waals surface area contributed by atoms with Gasteiger partial charge in [-0.15, -0.1) is 0 Å². The van der Waals surface area contributed by atoms with Gasteiger partial charge in [0.25, 0.3) is 0 Å². The lowest BCUT2D eigenvalue weighted by atomic mass is 9.74. The smallest absolute Gasteiger partial charge is 0.405 e. The first-order chi connectivity index (χ1) is 6.93. The Hall–Kier alpha value is -0.730. The summed E-state index contributed by atoms with van der Waals surface area (Å²) < 4.78 is 5.19. The summed E-state index contributed by atoms with van der Waals surface area (Å²) in [5.41, 5.74) is 4.65. The third-order valence-electron chi connectivity index (χ3n) is 3.82. The number of carbonyl (C=O) groups excluding carboxylic acids is 1. The molecule has 3 heteroatoms. The number of ether oxygens (including phenoxy) is 1. The molecule has 0 spiro atoms. The molecule has 1 unspecified atom stereocenters. The molecule has 15 heavy (non-hydrogen) atoms. The summed E-state index contributed by atoms with van der Waals surface area (Å²) >= 11 is 0. The highest BCUT2D eigenvalue weighted by molar-refractivity contribution is 5.65. The monoisotopic (exact) mass is 213 g/mol. The van der Waals surface area contributed by atoms with Crippen LogP contribution >= 0.6 is 0 Å². The third kappa shape index (κ3) is 3.40. The van der Waals surface area contributed by atoms with E-state index < -0.39 is 11.7 Å². The second-order valence-electron chi connectivity index (χ2n) is 5.21. The number of rotatable bonds is 3. The van der Waals surface area contributed by atoms with Gasteiger partial charge in [-0.05, 0) is 25.7 Å². The fourth-order valence-corrected chi connectivity index (χ4v) is 2.55. The SMILES string of the molecule is CC(C1CCCCC1)C(C)(C)OC(N)=O. The lowest BCUT2D eigenvalue weighted by molar-refractivity contribution is -0.0223.